The first kappa shape index (κ1) is 11.7. The molecule has 0 atom stereocenters. The van der Waals surface area contributed by atoms with E-state index in [0.29, 0.717) is 5.41 Å². The molecule has 1 aliphatic rings. The Labute approximate surface area is 98.4 Å². The van der Waals surface area contributed by atoms with Gasteiger partial charge < -0.3 is 9.73 Å². The molecule has 1 aliphatic carbocycles. The Balaban J connectivity index is 1.74. The van der Waals surface area contributed by atoms with Crippen LogP contribution in [0, 0.1) is 12.3 Å². The zero-order valence-corrected chi connectivity index (χ0v) is 10.5. The molecule has 1 heterocycles. The molecule has 0 aliphatic heterocycles. The molecule has 1 N–H and O–H groups in total. The minimum Gasteiger partial charge on any atom is -0.465 e. The molecule has 16 heavy (non-hydrogen) atoms. The fraction of sp³-hybridized carbons (Fsp3) is 0.714. The molecular formula is C14H23NO. The maximum absolute atomic E-state index is 5.55. The largest absolute Gasteiger partial charge is 0.465 e. The van der Waals surface area contributed by atoms with Gasteiger partial charge in [-0.3, -0.25) is 0 Å². The summed E-state index contributed by atoms with van der Waals surface area (Å²) in [5, 5.41) is 3.55. The van der Waals surface area contributed by atoms with E-state index in [4.69, 9.17) is 4.42 Å². The lowest BCUT2D eigenvalue weighted by atomic mass is 9.66. The molecule has 0 spiro atoms. The maximum Gasteiger partial charge on any atom is 0.117 e. The molecule has 0 saturated heterocycles. The van der Waals surface area contributed by atoms with E-state index in [1.165, 1.54) is 32.1 Å². The molecule has 90 valence electrons. The van der Waals surface area contributed by atoms with Crippen molar-refractivity contribution in [3.8, 4) is 0 Å². The predicted octanol–water partition coefficient (Wildman–Crippen LogP) is 3.65. The maximum atomic E-state index is 5.55. The van der Waals surface area contributed by atoms with Crippen molar-refractivity contribution in [1.29, 1.82) is 0 Å². The normalized spacial score (nSPS) is 18.4. The van der Waals surface area contributed by atoms with E-state index in [-0.39, 0.29) is 0 Å². The number of aryl methyl sites for hydroxylation is 1. The van der Waals surface area contributed by atoms with Crippen molar-refractivity contribution in [2.45, 2.75) is 52.5 Å². The standard InChI is InChI=1S/C14H23NO/c1-3-7-14(8-4-9-14)11-15-10-13-6-5-12(2)16-13/h5-6,15H,3-4,7-11H2,1-2H3. The predicted molar refractivity (Wildman–Crippen MR) is 66.3 cm³/mol. The summed E-state index contributed by atoms with van der Waals surface area (Å²) in [4.78, 5) is 0. The SMILES string of the molecule is CCCC1(CNCc2ccc(C)o2)CCC1. The molecule has 0 unspecified atom stereocenters. The van der Waals surface area contributed by atoms with Gasteiger partial charge in [-0.2, -0.15) is 0 Å². The number of hydrogen-bond donors (Lipinski definition) is 1. The van der Waals surface area contributed by atoms with E-state index < -0.39 is 0 Å². The first-order valence-electron chi connectivity index (χ1n) is 6.50. The van der Waals surface area contributed by atoms with E-state index in [2.05, 4.69) is 18.3 Å². The Morgan fingerprint density at radius 2 is 2.19 bits per heavy atom. The lowest BCUT2D eigenvalue weighted by Crippen LogP contribution is -2.39. The number of hydrogen-bond acceptors (Lipinski definition) is 2. The second-order valence-electron chi connectivity index (χ2n) is 5.22. The zero-order chi connectivity index (χ0) is 11.4. The highest BCUT2D eigenvalue weighted by atomic mass is 16.3. The van der Waals surface area contributed by atoms with Crippen LogP contribution in [0.15, 0.2) is 16.5 Å². The third kappa shape index (κ3) is 2.67. The quantitative estimate of drug-likeness (QED) is 0.793. The van der Waals surface area contributed by atoms with E-state index in [9.17, 15) is 0 Å². The highest BCUT2D eigenvalue weighted by Gasteiger charge is 2.35. The van der Waals surface area contributed by atoms with Gasteiger partial charge in [-0.05, 0) is 43.7 Å². The fourth-order valence-corrected chi connectivity index (χ4v) is 2.75. The van der Waals surface area contributed by atoms with Crippen LogP contribution in [0.1, 0.15) is 50.5 Å². The fourth-order valence-electron chi connectivity index (χ4n) is 2.75. The van der Waals surface area contributed by atoms with Gasteiger partial charge in [0.1, 0.15) is 11.5 Å². The summed E-state index contributed by atoms with van der Waals surface area (Å²) in [5.41, 5.74) is 0.608. The number of furan rings is 1. The molecule has 1 saturated carbocycles. The molecule has 2 heteroatoms. The van der Waals surface area contributed by atoms with Crippen molar-refractivity contribution in [1.82, 2.24) is 5.32 Å². The minimum absolute atomic E-state index is 0.608. The smallest absolute Gasteiger partial charge is 0.117 e. The topological polar surface area (TPSA) is 25.2 Å². The van der Waals surface area contributed by atoms with Crippen LogP contribution in [0.3, 0.4) is 0 Å². The molecular weight excluding hydrogens is 198 g/mol. The van der Waals surface area contributed by atoms with Crippen LogP contribution < -0.4 is 5.32 Å². The average molecular weight is 221 g/mol. The van der Waals surface area contributed by atoms with Gasteiger partial charge in [0, 0.05) is 6.54 Å². The van der Waals surface area contributed by atoms with Crippen molar-refractivity contribution in [2.24, 2.45) is 5.41 Å². The first-order valence-corrected chi connectivity index (χ1v) is 6.50. The summed E-state index contributed by atoms with van der Waals surface area (Å²) in [7, 11) is 0. The van der Waals surface area contributed by atoms with Crippen LogP contribution in [0.25, 0.3) is 0 Å². The highest BCUT2D eigenvalue weighted by Crippen LogP contribution is 2.44. The van der Waals surface area contributed by atoms with Gasteiger partial charge in [0.2, 0.25) is 0 Å². The van der Waals surface area contributed by atoms with Gasteiger partial charge in [0.05, 0.1) is 6.54 Å². The Hall–Kier alpha value is -0.760. The van der Waals surface area contributed by atoms with Gasteiger partial charge in [0.25, 0.3) is 0 Å². The third-order valence-corrected chi connectivity index (χ3v) is 3.79. The van der Waals surface area contributed by atoms with Crippen molar-refractivity contribution in [2.75, 3.05) is 6.54 Å². The molecule has 1 fully saturated rings. The Kier molecular flexibility index (Phi) is 3.70. The van der Waals surface area contributed by atoms with Crippen LogP contribution in [0.5, 0.6) is 0 Å². The van der Waals surface area contributed by atoms with Crippen LogP contribution in [0.2, 0.25) is 0 Å². The van der Waals surface area contributed by atoms with Gasteiger partial charge >= 0.3 is 0 Å². The lowest BCUT2D eigenvalue weighted by Gasteiger charge is -2.42. The molecule has 1 aromatic heterocycles. The van der Waals surface area contributed by atoms with Crippen molar-refractivity contribution in [3.63, 3.8) is 0 Å². The minimum atomic E-state index is 0.608. The van der Waals surface area contributed by atoms with Crippen molar-refractivity contribution in [3.05, 3.63) is 23.7 Å². The monoisotopic (exact) mass is 221 g/mol. The van der Waals surface area contributed by atoms with Crippen LogP contribution in [0.4, 0.5) is 0 Å². The third-order valence-electron chi connectivity index (χ3n) is 3.79. The molecule has 1 aromatic rings. The second-order valence-corrected chi connectivity index (χ2v) is 5.22. The molecule has 0 aromatic carbocycles. The van der Waals surface area contributed by atoms with Gasteiger partial charge in [0.15, 0.2) is 0 Å². The molecule has 2 nitrogen and oxygen atoms in total. The number of nitrogens with one attached hydrogen (secondary N) is 1. The van der Waals surface area contributed by atoms with Gasteiger partial charge in [-0.15, -0.1) is 0 Å². The highest BCUT2D eigenvalue weighted by molar-refractivity contribution is 5.05. The summed E-state index contributed by atoms with van der Waals surface area (Å²) in [6.45, 7) is 6.31. The average Bonchev–Trinajstić information content (AvgIpc) is 2.60. The van der Waals surface area contributed by atoms with Crippen molar-refractivity contribution < 1.29 is 4.42 Å². The van der Waals surface area contributed by atoms with Crippen LogP contribution in [-0.2, 0) is 6.54 Å². The number of rotatable bonds is 6. The Morgan fingerprint density at radius 1 is 1.38 bits per heavy atom. The van der Waals surface area contributed by atoms with E-state index >= 15 is 0 Å². The van der Waals surface area contributed by atoms with E-state index in [0.717, 1.165) is 24.6 Å². The summed E-state index contributed by atoms with van der Waals surface area (Å²) in [6.07, 6.45) is 6.91. The zero-order valence-electron chi connectivity index (χ0n) is 10.5. The molecule has 2 rings (SSSR count). The first-order chi connectivity index (χ1) is 7.74. The summed E-state index contributed by atoms with van der Waals surface area (Å²) in [6, 6.07) is 4.10. The van der Waals surface area contributed by atoms with E-state index in [1.807, 2.05) is 13.0 Å². The molecule has 0 radical (unpaired) electrons. The summed E-state index contributed by atoms with van der Waals surface area (Å²) >= 11 is 0. The summed E-state index contributed by atoms with van der Waals surface area (Å²) in [5.74, 6) is 2.06. The van der Waals surface area contributed by atoms with Crippen LogP contribution in [-0.4, -0.2) is 6.54 Å². The van der Waals surface area contributed by atoms with Gasteiger partial charge in [-0.1, -0.05) is 19.8 Å². The van der Waals surface area contributed by atoms with Gasteiger partial charge in [-0.25, -0.2) is 0 Å². The molecule has 0 amide bonds. The lowest BCUT2D eigenvalue weighted by molar-refractivity contribution is 0.114. The molecule has 0 bridgehead atoms. The van der Waals surface area contributed by atoms with E-state index in [1.54, 1.807) is 0 Å². The Morgan fingerprint density at radius 3 is 2.69 bits per heavy atom. The summed E-state index contributed by atoms with van der Waals surface area (Å²) < 4.78 is 5.55. The Bertz CT molecular complexity index is 325. The van der Waals surface area contributed by atoms with Crippen LogP contribution >= 0.6 is 0 Å². The van der Waals surface area contributed by atoms with Crippen molar-refractivity contribution >= 4 is 0 Å². The second kappa shape index (κ2) is 5.05.